The number of rotatable bonds is 4. The standard InChI is InChI=1S/C16H26N2O2S/c1-11-5-4-6-15(7-11)18-21(19,20)16-9-14(10-17)8-12(2)13(16)3/h8-9,11,15,18H,4-7,10,17H2,1-3H3. The molecule has 0 aliphatic heterocycles. The lowest BCUT2D eigenvalue weighted by Crippen LogP contribution is -2.38. The van der Waals surface area contributed by atoms with E-state index in [9.17, 15) is 8.42 Å². The monoisotopic (exact) mass is 310 g/mol. The van der Waals surface area contributed by atoms with E-state index in [0.717, 1.165) is 36.0 Å². The van der Waals surface area contributed by atoms with Crippen LogP contribution in [0.4, 0.5) is 0 Å². The maximum Gasteiger partial charge on any atom is 0.241 e. The molecule has 21 heavy (non-hydrogen) atoms. The van der Waals surface area contributed by atoms with Crippen molar-refractivity contribution in [3.8, 4) is 0 Å². The second-order valence-electron chi connectivity index (χ2n) is 6.33. The van der Waals surface area contributed by atoms with Crippen molar-refractivity contribution in [2.24, 2.45) is 11.7 Å². The third-order valence-electron chi connectivity index (χ3n) is 4.46. The fourth-order valence-corrected chi connectivity index (χ4v) is 4.77. The van der Waals surface area contributed by atoms with Crippen molar-refractivity contribution in [2.45, 2.75) is 63.9 Å². The van der Waals surface area contributed by atoms with E-state index in [1.165, 1.54) is 6.42 Å². The van der Waals surface area contributed by atoms with Crippen molar-refractivity contribution in [1.82, 2.24) is 4.72 Å². The number of sulfonamides is 1. The Morgan fingerprint density at radius 2 is 2.00 bits per heavy atom. The molecular weight excluding hydrogens is 284 g/mol. The topological polar surface area (TPSA) is 72.2 Å². The van der Waals surface area contributed by atoms with Gasteiger partial charge < -0.3 is 5.73 Å². The van der Waals surface area contributed by atoms with Crippen LogP contribution in [0.15, 0.2) is 17.0 Å². The van der Waals surface area contributed by atoms with E-state index in [-0.39, 0.29) is 6.04 Å². The van der Waals surface area contributed by atoms with Crippen LogP contribution in [0.5, 0.6) is 0 Å². The first kappa shape index (κ1) is 16.5. The lowest BCUT2D eigenvalue weighted by atomic mass is 9.88. The molecule has 2 rings (SSSR count). The summed E-state index contributed by atoms with van der Waals surface area (Å²) in [5.74, 6) is 0.588. The van der Waals surface area contributed by atoms with Crippen LogP contribution in [-0.4, -0.2) is 14.5 Å². The van der Waals surface area contributed by atoms with E-state index < -0.39 is 10.0 Å². The van der Waals surface area contributed by atoms with Crippen molar-refractivity contribution >= 4 is 10.0 Å². The molecule has 1 aromatic rings. The molecule has 2 atom stereocenters. The van der Waals surface area contributed by atoms with Gasteiger partial charge in [-0.25, -0.2) is 13.1 Å². The highest BCUT2D eigenvalue weighted by Gasteiger charge is 2.26. The molecule has 0 bridgehead atoms. The van der Waals surface area contributed by atoms with Crippen LogP contribution in [0.3, 0.4) is 0 Å². The molecule has 0 heterocycles. The summed E-state index contributed by atoms with van der Waals surface area (Å²) in [4.78, 5) is 0.376. The van der Waals surface area contributed by atoms with Gasteiger partial charge in [-0.05, 0) is 55.4 Å². The average molecular weight is 310 g/mol. The predicted molar refractivity (Wildman–Crippen MR) is 85.5 cm³/mol. The van der Waals surface area contributed by atoms with Crippen LogP contribution in [0, 0.1) is 19.8 Å². The minimum Gasteiger partial charge on any atom is -0.326 e. The first-order chi connectivity index (χ1) is 9.83. The summed E-state index contributed by atoms with van der Waals surface area (Å²) in [7, 11) is -3.47. The molecule has 0 radical (unpaired) electrons. The number of hydrogen-bond donors (Lipinski definition) is 2. The van der Waals surface area contributed by atoms with Gasteiger partial charge in [-0.1, -0.05) is 25.8 Å². The lowest BCUT2D eigenvalue weighted by molar-refractivity contribution is 0.327. The van der Waals surface area contributed by atoms with Gasteiger partial charge in [-0.15, -0.1) is 0 Å². The molecule has 1 aliphatic carbocycles. The smallest absolute Gasteiger partial charge is 0.241 e. The van der Waals surface area contributed by atoms with Gasteiger partial charge in [0.25, 0.3) is 0 Å². The van der Waals surface area contributed by atoms with Crippen LogP contribution < -0.4 is 10.5 Å². The van der Waals surface area contributed by atoms with Gasteiger partial charge in [0.1, 0.15) is 0 Å². The van der Waals surface area contributed by atoms with Crippen molar-refractivity contribution in [3.63, 3.8) is 0 Å². The zero-order valence-electron chi connectivity index (χ0n) is 13.1. The zero-order chi connectivity index (χ0) is 15.6. The van der Waals surface area contributed by atoms with Gasteiger partial charge in [-0.2, -0.15) is 0 Å². The molecule has 1 aromatic carbocycles. The normalized spacial score (nSPS) is 23.2. The van der Waals surface area contributed by atoms with Crippen LogP contribution in [0.2, 0.25) is 0 Å². The molecular formula is C16H26N2O2S. The lowest BCUT2D eigenvalue weighted by Gasteiger charge is -2.27. The summed E-state index contributed by atoms with van der Waals surface area (Å²) in [5.41, 5.74) is 8.30. The Bertz CT molecular complexity index is 611. The second-order valence-corrected chi connectivity index (χ2v) is 8.01. The average Bonchev–Trinajstić information content (AvgIpc) is 2.41. The number of nitrogens with one attached hydrogen (secondary N) is 1. The van der Waals surface area contributed by atoms with E-state index in [4.69, 9.17) is 5.73 Å². The Labute approximate surface area is 128 Å². The van der Waals surface area contributed by atoms with Crippen molar-refractivity contribution in [1.29, 1.82) is 0 Å². The summed E-state index contributed by atoms with van der Waals surface area (Å²) in [6, 6.07) is 3.72. The molecule has 2 unspecified atom stereocenters. The summed E-state index contributed by atoms with van der Waals surface area (Å²) < 4.78 is 28.3. The molecule has 1 fully saturated rings. The van der Waals surface area contributed by atoms with E-state index in [1.807, 2.05) is 19.9 Å². The molecule has 5 heteroatoms. The fourth-order valence-electron chi connectivity index (χ4n) is 3.12. The first-order valence-corrected chi connectivity index (χ1v) is 9.14. The Morgan fingerprint density at radius 1 is 1.29 bits per heavy atom. The second kappa shape index (κ2) is 6.46. The number of aryl methyl sites for hydroxylation is 1. The largest absolute Gasteiger partial charge is 0.326 e. The van der Waals surface area contributed by atoms with E-state index in [0.29, 0.717) is 17.4 Å². The van der Waals surface area contributed by atoms with Gasteiger partial charge in [-0.3, -0.25) is 0 Å². The van der Waals surface area contributed by atoms with Crippen molar-refractivity contribution in [2.75, 3.05) is 0 Å². The summed E-state index contributed by atoms with van der Waals surface area (Å²) in [5, 5.41) is 0. The maximum absolute atomic E-state index is 12.7. The number of nitrogens with two attached hydrogens (primary N) is 1. The molecule has 0 aromatic heterocycles. The molecule has 4 nitrogen and oxygen atoms in total. The van der Waals surface area contributed by atoms with E-state index >= 15 is 0 Å². The van der Waals surface area contributed by atoms with E-state index in [1.54, 1.807) is 6.07 Å². The van der Waals surface area contributed by atoms with Crippen molar-refractivity contribution < 1.29 is 8.42 Å². The Hall–Kier alpha value is -0.910. The highest BCUT2D eigenvalue weighted by molar-refractivity contribution is 7.89. The highest BCUT2D eigenvalue weighted by Crippen LogP contribution is 2.26. The SMILES string of the molecule is Cc1cc(CN)cc(S(=O)(=O)NC2CCCC(C)C2)c1C. The summed E-state index contributed by atoms with van der Waals surface area (Å²) >= 11 is 0. The molecule has 3 N–H and O–H groups in total. The highest BCUT2D eigenvalue weighted by atomic mass is 32.2. The Kier molecular flexibility index (Phi) is 5.07. The first-order valence-electron chi connectivity index (χ1n) is 7.66. The molecule has 0 amide bonds. The van der Waals surface area contributed by atoms with Gasteiger partial charge in [0.05, 0.1) is 4.90 Å². The molecule has 0 spiro atoms. The van der Waals surface area contributed by atoms with Gasteiger partial charge in [0, 0.05) is 12.6 Å². The van der Waals surface area contributed by atoms with Gasteiger partial charge >= 0.3 is 0 Å². The number of benzene rings is 1. The predicted octanol–water partition coefficient (Wildman–Crippen LogP) is 2.62. The molecule has 0 saturated heterocycles. The van der Waals surface area contributed by atoms with Crippen LogP contribution in [-0.2, 0) is 16.6 Å². The van der Waals surface area contributed by atoms with E-state index in [2.05, 4.69) is 11.6 Å². The third kappa shape index (κ3) is 3.84. The zero-order valence-corrected chi connectivity index (χ0v) is 14.0. The maximum atomic E-state index is 12.7. The molecule has 1 saturated carbocycles. The summed E-state index contributed by atoms with van der Waals surface area (Å²) in [6.45, 7) is 6.32. The molecule has 118 valence electrons. The minimum atomic E-state index is -3.47. The van der Waals surface area contributed by atoms with Gasteiger partial charge in [0.2, 0.25) is 10.0 Å². The fraction of sp³-hybridized carbons (Fsp3) is 0.625. The van der Waals surface area contributed by atoms with Crippen LogP contribution in [0.25, 0.3) is 0 Å². The van der Waals surface area contributed by atoms with Crippen LogP contribution in [0.1, 0.15) is 49.3 Å². The number of hydrogen-bond acceptors (Lipinski definition) is 3. The van der Waals surface area contributed by atoms with Crippen molar-refractivity contribution in [3.05, 3.63) is 28.8 Å². The summed E-state index contributed by atoms with van der Waals surface area (Å²) in [6.07, 6.45) is 4.14. The third-order valence-corrected chi connectivity index (χ3v) is 6.11. The quantitative estimate of drug-likeness (QED) is 0.898. The minimum absolute atomic E-state index is 0.0555. The Morgan fingerprint density at radius 3 is 2.62 bits per heavy atom. The molecule has 1 aliphatic rings. The van der Waals surface area contributed by atoms with Crippen LogP contribution >= 0.6 is 0 Å². The Balaban J connectivity index is 2.29. The van der Waals surface area contributed by atoms with Gasteiger partial charge in [0.15, 0.2) is 0 Å².